The zero-order valence-corrected chi connectivity index (χ0v) is 22.8. The van der Waals surface area contributed by atoms with Crippen molar-refractivity contribution in [2.45, 2.75) is 46.3 Å². The molecule has 0 radical (unpaired) electrons. The number of hydrogen-bond acceptors (Lipinski definition) is 6. The summed E-state index contributed by atoms with van der Waals surface area (Å²) in [6, 6.07) is 8.47. The van der Waals surface area contributed by atoms with Gasteiger partial charge in [-0.05, 0) is 52.0 Å². The van der Waals surface area contributed by atoms with Crippen molar-refractivity contribution in [1.29, 1.82) is 0 Å². The van der Waals surface area contributed by atoms with Crippen LogP contribution in [0.2, 0.25) is 10.0 Å². The predicted octanol–water partition coefficient (Wildman–Crippen LogP) is 3.82. The van der Waals surface area contributed by atoms with Crippen LogP contribution in [0.5, 0.6) is 11.5 Å². The third-order valence-corrected chi connectivity index (χ3v) is 8.06. The second-order valence-electron chi connectivity index (χ2n) is 8.51. The lowest BCUT2D eigenvalue weighted by atomic mass is 10.1. The topological polar surface area (TPSA) is 105 Å². The number of hydrogen-bond donors (Lipinski definition) is 1. The van der Waals surface area contributed by atoms with Gasteiger partial charge < -0.3 is 19.7 Å². The lowest BCUT2D eigenvalue weighted by Gasteiger charge is -2.32. The van der Waals surface area contributed by atoms with Crippen LogP contribution in [0, 0.1) is 0 Å². The Bertz CT molecular complexity index is 1220. The normalized spacial score (nSPS) is 13.4. The van der Waals surface area contributed by atoms with Gasteiger partial charge in [-0.25, -0.2) is 8.42 Å². The number of sulfonamides is 1. The Labute approximate surface area is 221 Å². The van der Waals surface area contributed by atoms with Crippen LogP contribution in [0.15, 0.2) is 36.4 Å². The molecule has 3 rings (SSSR count). The SMILES string of the molecule is CCS(=O)(=O)N(CC(=O)N(Cc1c(Cl)cccc1Cl)[C@H](C)C(=O)NC(C)C)c1ccc2c(c1)OCO2. The van der Waals surface area contributed by atoms with Gasteiger partial charge in [0, 0.05) is 34.3 Å². The molecular weight excluding hydrogens is 529 g/mol. The summed E-state index contributed by atoms with van der Waals surface area (Å²) in [7, 11) is -3.88. The van der Waals surface area contributed by atoms with Crippen molar-refractivity contribution in [3.05, 3.63) is 52.0 Å². The first-order valence-electron chi connectivity index (χ1n) is 11.4. The number of benzene rings is 2. The van der Waals surface area contributed by atoms with Gasteiger partial charge in [0.05, 0.1) is 11.4 Å². The molecule has 1 heterocycles. The quantitative estimate of drug-likeness (QED) is 0.476. The Kier molecular flexibility index (Phi) is 8.97. The number of fused-ring (bicyclic) bond motifs is 1. The molecule has 1 N–H and O–H groups in total. The zero-order chi connectivity index (χ0) is 26.6. The molecule has 2 aromatic rings. The summed E-state index contributed by atoms with van der Waals surface area (Å²) < 4.78 is 37.8. The maximum absolute atomic E-state index is 13.7. The summed E-state index contributed by atoms with van der Waals surface area (Å²) in [6.07, 6.45) is 0. The molecule has 0 aromatic heterocycles. The predicted molar refractivity (Wildman–Crippen MR) is 139 cm³/mol. The number of nitrogens with zero attached hydrogens (tertiary/aromatic N) is 2. The number of carbonyl (C=O) groups excluding carboxylic acids is 2. The van der Waals surface area contributed by atoms with Crippen LogP contribution in [0.3, 0.4) is 0 Å². The third-order valence-electron chi connectivity index (χ3n) is 5.61. The fourth-order valence-corrected chi connectivity index (χ4v) is 5.17. The Balaban J connectivity index is 1.98. The summed E-state index contributed by atoms with van der Waals surface area (Å²) in [6.45, 7) is 6.04. The summed E-state index contributed by atoms with van der Waals surface area (Å²) >= 11 is 12.7. The molecule has 2 aromatic carbocycles. The van der Waals surface area contributed by atoms with Crippen LogP contribution in [0.25, 0.3) is 0 Å². The lowest BCUT2D eigenvalue weighted by molar-refractivity contribution is -0.139. The number of nitrogens with one attached hydrogen (secondary N) is 1. The van der Waals surface area contributed by atoms with Gasteiger partial charge in [0.15, 0.2) is 11.5 Å². The van der Waals surface area contributed by atoms with Crippen molar-refractivity contribution in [2.24, 2.45) is 0 Å². The molecule has 0 spiro atoms. The molecule has 2 amide bonds. The molecule has 0 bridgehead atoms. The minimum Gasteiger partial charge on any atom is -0.454 e. The van der Waals surface area contributed by atoms with E-state index >= 15 is 0 Å². The monoisotopic (exact) mass is 557 g/mol. The molecule has 1 aliphatic heterocycles. The number of anilines is 1. The van der Waals surface area contributed by atoms with E-state index in [9.17, 15) is 18.0 Å². The molecule has 1 aliphatic rings. The van der Waals surface area contributed by atoms with Crippen LogP contribution < -0.4 is 19.1 Å². The second-order valence-corrected chi connectivity index (χ2v) is 11.5. The van der Waals surface area contributed by atoms with Crippen molar-refractivity contribution in [3.63, 3.8) is 0 Å². The summed E-state index contributed by atoms with van der Waals surface area (Å²) in [5.74, 6) is -0.385. The number of carbonyl (C=O) groups is 2. The summed E-state index contributed by atoms with van der Waals surface area (Å²) in [4.78, 5) is 27.8. The van der Waals surface area contributed by atoms with E-state index in [0.29, 0.717) is 27.1 Å². The largest absolute Gasteiger partial charge is 0.454 e. The van der Waals surface area contributed by atoms with Crippen molar-refractivity contribution in [2.75, 3.05) is 23.4 Å². The molecule has 0 saturated carbocycles. The smallest absolute Gasteiger partial charge is 0.244 e. The summed E-state index contributed by atoms with van der Waals surface area (Å²) in [5.41, 5.74) is 0.691. The van der Waals surface area contributed by atoms with Gasteiger partial charge in [-0.1, -0.05) is 29.3 Å². The molecule has 9 nitrogen and oxygen atoms in total. The van der Waals surface area contributed by atoms with E-state index in [1.807, 2.05) is 0 Å². The van der Waals surface area contributed by atoms with Crippen LogP contribution in [-0.2, 0) is 26.2 Å². The molecule has 0 aliphatic carbocycles. The highest BCUT2D eigenvalue weighted by Gasteiger charge is 2.32. The molecular formula is C24H29Cl2N3O6S. The van der Waals surface area contributed by atoms with Gasteiger partial charge in [-0.15, -0.1) is 0 Å². The number of halogens is 2. The van der Waals surface area contributed by atoms with E-state index in [2.05, 4.69) is 5.32 Å². The molecule has 196 valence electrons. The maximum atomic E-state index is 13.7. The molecule has 0 saturated heterocycles. The van der Waals surface area contributed by atoms with Crippen molar-refractivity contribution < 1.29 is 27.5 Å². The highest BCUT2D eigenvalue weighted by molar-refractivity contribution is 7.92. The fraction of sp³-hybridized carbons (Fsp3) is 0.417. The average molecular weight is 558 g/mol. The molecule has 12 heteroatoms. The number of ether oxygens (including phenoxy) is 2. The number of amides is 2. The second kappa shape index (κ2) is 11.6. The highest BCUT2D eigenvalue weighted by atomic mass is 35.5. The molecule has 0 fully saturated rings. The third kappa shape index (κ3) is 6.35. The van der Waals surface area contributed by atoms with Crippen molar-refractivity contribution >= 4 is 50.7 Å². The standard InChI is InChI=1S/C24H29Cl2N3O6S/c1-5-36(32,33)29(17-9-10-21-22(11-17)35-14-34-21)13-23(30)28(16(4)24(31)27-15(2)3)12-18-19(25)7-6-8-20(18)26/h6-11,15-16H,5,12-14H2,1-4H3,(H,27,31)/t16-/m1/s1. The van der Waals surface area contributed by atoms with Gasteiger partial charge >= 0.3 is 0 Å². The van der Waals surface area contributed by atoms with E-state index in [4.69, 9.17) is 32.7 Å². The van der Waals surface area contributed by atoms with Gasteiger partial charge in [0.2, 0.25) is 28.6 Å². The minimum absolute atomic E-state index is 0.0209. The molecule has 1 atom stereocenters. The zero-order valence-electron chi connectivity index (χ0n) is 20.5. The lowest BCUT2D eigenvalue weighted by Crippen LogP contribution is -2.52. The minimum atomic E-state index is -3.88. The maximum Gasteiger partial charge on any atom is 0.244 e. The first-order valence-corrected chi connectivity index (χ1v) is 13.7. The molecule has 0 unspecified atom stereocenters. The van der Waals surface area contributed by atoms with E-state index < -0.39 is 34.4 Å². The van der Waals surface area contributed by atoms with Crippen LogP contribution >= 0.6 is 23.2 Å². The van der Waals surface area contributed by atoms with E-state index in [0.717, 1.165) is 4.31 Å². The first kappa shape index (κ1) is 27.9. The van der Waals surface area contributed by atoms with Crippen molar-refractivity contribution in [3.8, 4) is 11.5 Å². The number of rotatable bonds is 10. The fourth-order valence-electron chi connectivity index (χ4n) is 3.60. The average Bonchev–Trinajstić information content (AvgIpc) is 3.29. The van der Waals surface area contributed by atoms with Crippen LogP contribution in [0.1, 0.15) is 33.3 Å². The van der Waals surface area contributed by atoms with Gasteiger partial charge in [0.1, 0.15) is 12.6 Å². The highest BCUT2D eigenvalue weighted by Crippen LogP contribution is 2.36. The Morgan fingerprint density at radius 3 is 2.31 bits per heavy atom. The summed E-state index contributed by atoms with van der Waals surface area (Å²) in [5, 5.41) is 3.44. The van der Waals surface area contributed by atoms with Crippen LogP contribution in [0.4, 0.5) is 5.69 Å². The Morgan fingerprint density at radius 2 is 1.69 bits per heavy atom. The Hall–Kier alpha value is -2.69. The van der Waals surface area contributed by atoms with E-state index in [1.54, 1.807) is 45.0 Å². The van der Waals surface area contributed by atoms with Crippen LogP contribution in [-0.4, -0.2) is 56.3 Å². The first-order chi connectivity index (χ1) is 16.9. The van der Waals surface area contributed by atoms with Gasteiger partial charge in [0.25, 0.3) is 0 Å². The molecule has 36 heavy (non-hydrogen) atoms. The van der Waals surface area contributed by atoms with Gasteiger partial charge in [-0.2, -0.15) is 0 Å². The Morgan fingerprint density at radius 1 is 1.06 bits per heavy atom. The van der Waals surface area contributed by atoms with Crippen molar-refractivity contribution in [1.82, 2.24) is 10.2 Å². The van der Waals surface area contributed by atoms with E-state index in [-0.39, 0.29) is 30.8 Å². The van der Waals surface area contributed by atoms with Gasteiger partial charge in [-0.3, -0.25) is 13.9 Å². The van der Waals surface area contributed by atoms with E-state index in [1.165, 1.54) is 24.0 Å².